The predicted octanol–water partition coefficient (Wildman–Crippen LogP) is 25.0. The molecule has 0 fully saturated rings. The molecule has 0 aliphatic carbocycles. The Kier molecular flexibility index (Phi) is 31.3. The Labute approximate surface area is 807 Å². The molecule has 9 aromatic carbocycles. The van der Waals surface area contributed by atoms with Crippen molar-refractivity contribution in [3.63, 3.8) is 0 Å². The number of rotatable bonds is 10. The molecule has 0 saturated carbocycles. The van der Waals surface area contributed by atoms with Gasteiger partial charge >= 0.3 is 0 Å². The molecule has 6 aliphatic heterocycles. The van der Waals surface area contributed by atoms with Gasteiger partial charge in [-0.3, -0.25) is 78.6 Å². The summed E-state index contributed by atoms with van der Waals surface area (Å²) in [4.78, 5) is 118. The maximum atomic E-state index is 13.3. The largest absolute Gasteiger partial charge is 0.489 e. The van der Waals surface area contributed by atoms with E-state index in [0.717, 1.165) is 170 Å². The second-order valence-corrected chi connectivity index (χ2v) is 36.8. The van der Waals surface area contributed by atoms with Gasteiger partial charge in [-0.15, -0.1) is 0 Å². The average molecular weight is 2020 g/mol. The van der Waals surface area contributed by atoms with Gasteiger partial charge in [0, 0.05) is 166 Å². The first-order chi connectivity index (χ1) is 64.2. The lowest BCUT2D eigenvalue weighted by Gasteiger charge is -2.20. The van der Waals surface area contributed by atoms with Crippen molar-refractivity contribution in [1.29, 1.82) is 0 Å². The van der Waals surface area contributed by atoms with Crippen LogP contribution in [-0.4, -0.2) is 88.2 Å². The number of nitrogens with one attached hydrogen (secondary N) is 1. The van der Waals surface area contributed by atoms with Gasteiger partial charge in [-0.05, 0) is 323 Å². The third-order valence-corrected chi connectivity index (χ3v) is 24.6. The van der Waals surface area contributed by atoms with Crippen molar-refractivity contribution >= 4 is 163 Å². The molecular weight excluding hydrogens is 1930 g/mol. The number of benzene rings is 9. The van der Waals surface area contributed by atoms with E-state index in [4.69, 9.17) is 26.3 Å². The summed E-state index contributed by atoms with van der Waals surface area (Å²) >= 11 is 15.1. The van der Waals surface area contributed by atoms with E-state index in [-0.39, 0.29) is 59.4 Å². The van der Waals surface area contributed by atoms with Crippen LogP contribution in [0.2, 0.25) is 5.02 Å². The number of nitrogens with zero attached hydrogens (tertiary/aromatic N) is 10. The molecule has 14 aromatic rings. The number of aryl methyl sites for hydroxylation is 6. The molecule has 1 atom stereocenters. The average Bonchev–Trinajstić information content (AvgIpc) is 1.66. The van der Waals surface area contributed by atoms with Gasteiger partial charge in [0.2, 0.25) is 0 Å². The number of hydrogen-bond donors (Lipinski definition) is 1. The van der Waals surface area contributed by atoms with Crippen LogP contribution in [0.4, 0.5) is 38.5 Å². The van der Waals surface area contributed by atoms with Gasteiger partial charge in [0.25, 0.3) is 0 Å². The van der Waals surface area contributed by atoms with Crippen molar-refractivity contribution in [2.45, 2.75) is 131 Å². The summed E-state index contributed by atoms with van der Waals surface area (Å²) in [6.45, 7) is 12.4. The highest BCUT2D eigenvalue weighted by Crippen LogP contribution is 2.38. The van der Waals surface area contributed by atoms with Crippen molar-refractivity contribution in [1.82, 2.24) is 24.9 Å². The first-order valence-electron chi connectivity index (χ1n) is 43.5. The number of anilines is 1. The molecule has 20 rings (SSSR count). The maximum absolute atomic E-state index is 13.3. The number of Topliss-reactive ketones (excluding diaryl/α,β-unsaturated/α-hetero) is 6. The van der Waals surface area contributed by atoms with Crippen molar-refractivity contribution in [3.05, 3.63) is 409 Å². The molecule has 23 heteroatoms. The van der Waals surface area contributed by atoms with E-state index in [0.29, 0.717) is 92.8 Å². The number of aromatic nitrogens is 5. The zero-order valence-electron chi connectivity index (χ0n) is 74.0. The first kappa shape index (κ1) is 94.3. The fraction of sp³-hybridized carbons (Fsp3) is 0.182. The van der Waals surface area contributed by atoms with Crippen molar-refractivity contribution < 1.29 is 37.9 Å². The summed E-state index contributed by atoms with van der Waals surface area (Å²) in [7, 11) is 0. The third kappa shape index (κ3) is 26.1. The van der Waals surface area contributed by atoms with Crippen LogP contribution in [0.25, 0.3) is 11.1 Å². The van der Waals surface area contributed by atoms with E-state index in [1.54, 1.807) is 43.1 Å². The van der Waals surface area contributed by atoms with Crippen molar-refractivity contribution in [2.75, 3.05) is 5.32 Å². The third-order valence-electron chi connectivity index (χ3n) is 22.7. The molecule has 0 bridgehead atoms. The Hall–Kier alpha value is -13.4. The Morgan fingerprint density at radius 2 is 0.782 bits per heavy atom. The number of carbonyl (C=O) groups excluding carboxylic acids is 6. The normalized spacial score (nSPS) is 14.7. The van der Waals surface area contributed by atoms with Gasteiger partial charge in [-0.25, -0.2) is 4.39 Å². The molecular formula is C110H92Br2ClFIN11O7. The van der Waals surface area contributed by atoms with Crippen molar-refractivity contribution in [2.24, 2.45) is 25.0 Å². The molecule has 0 saturated heterocycles. The summed E-state index contributed by atoms with van der Waals surface area (Å²) in [6.07, 6.45) is 15.2. The van der Waals surface area contributed by atoms with Crippen LogP contribution in [0.15, 0.2) is 314 Å². The number of fused-ring (bicyclic) bond motifs is 6. The van der Waals surface area contributed by atoms with E-state index in [2.05, 4.69) is 150 Å². The molecule has 0 spiro atoms. The van der Waals surface area contributed by atoms with E-state index in [1.165, 1.54) is 23.3 Å². The maximum Gasteiger partial charge on any atom is 0.143 e. The van der Waals surface area contributed by atoms with Gasteiger partial charge in [0.05, 0.1) is 63.0 Å². The van der Waals surface area contributed by atoms with E-state index >= 15 is 0 Å². The second kappa shape index (κ2) is 44.2. The molecule has 5 aromatic heterocycles. The van der Waals surface area contributed by atoms with Gasteiger partial charge in [0.1, 0.15) is 52.9 Å². The lowest BCUT2D eigenvalue weighted by molar-refractivity contribution is -0.119. The molecule has 1 N–H and O–H groups in total. The number of aliphatic imine (C=N–C) groups is 5. The van der Waals surface area contributed by atoms with Crippen molar-refractivity contribution in [3.8, 4) is 16.9 Å². The molecule has 11 heterocycles. The molecule has 0 amide bonds. The van der Waals surface area contributed by atoms with Crippen LogP contribution >= 0.6 is 66.1 Å². The monoisotopic (exact) mass is 2020 g/mol. The van der Waals surface area contributed by atoms with Gasteiger partial charge in [-0.2, -0.15) is 0 Å². The quantitative estimate of drug-likeness (QED) is 0.125. The Morgan fingerprint density at radius 3 is 1.26 bits per heavy atom. The minimum Gasteiger partial charge on any atom is -0.489 e. The van der Waals surface area contributed by atoms with Crippen LogP contribution in [0, 0.1) is 50.9 Å². The van der Waals surface area contributed by atoms with Crippen LogP contribution < -0.4 is 10.1 Å². The SMILES string of the molecule is Cc1cc(C2=Nc3ccc(Br)cc3CC(=O)C2)ccn1.Cc1cc(C2=Nc3ccc(Cl)cc3CC(=O)C2)ccn1.Cc1cc(C2=Nc3ccc(F)cc3CC(=O)C2)ccn1.Cc1cc(C2=Nc3ccc(I)cc3CC(=O)C2)ccn1.Cc1cc2c(cc1C)NC(c1cccc(OCc3ccccc3)c1)CC(=O)C2.O=C1CC(c2cccc(-c3cccnc3)c2)=Nc2ccc(Br)cc2C1. The molecule has 1 unspecified atom stereocenters. The lowest BCUT2D eigenvalue weighted by atomic mass is 9.99. The highest BCUT2D eigenvalue weighted by atomic mass is 127. The minimum absolute atomic E-state index is 0.0440. The number of ether oxygens (including phenoxy) is 1. The fourth-order valence-electron chi connectivity index (χ4n) is 16.1. The number of carbonyl (C=O) groups is 6. The van der Waals surface area contributed by atoms with Crippen LogP contribution in [0.5, 0.6) is 5.75 Å². The van der Waals surface area contributed by atoms with Gasteiger partial charge in [-0.1, -0.05) is 116 Å². The summed E-state index contributed by atoms with van der Waals surface area (Å²) < 4.78 is 22.3. The summed E-state index contributed by atoms with van der Waals surface area (Å²) in [5, 5.41) is 4.23. The zero-order valence-corrected chi connectivity index (χ0v) is 80.1. The molecule has 18 nitrogen and oxygen atoms in total. The smallest absolute Gasteiger partial charge is 0.143 e. The molecule has 6 aliphatic rings. The minimum atomic E-state index is -0.338. The standard InChI is InChI=1S/C25H25NO2.C21H15BrN2O.C16H13BrN2O.C16H13ClN2O.C16H13FN2O.C16H13IN2O/c1-17-11-21-13-22(27)15-25(26-24(21)12-18(17)2)20-9-6-10-23(14-20)28-16-19-7-4-3-5-8-19;22-18-6-7-20-17(10-18)11-19(25)12-21(24-20)15-4-1-3-14(9-15)16-5-2-8-23-13-16;4*1-10-6-11(4-5-18-10)16-9-14(20)8-12-7-13(17)2-3-15(12)19-16/h3-12,14,25-26H,13,15-16H2,1-2H3;1-10,13H,11-12H2;4*2-7H,8-9H2,1H3. The predicted molar refractivity (Wildman–Crippen MR) is 541 cm³/mol. The summed E-state index contributed by atoms with van der Waals surface area (Å²) in [5.41, 5.74) is 30.0. The van der Waals surface area contributed by atoms with Crippen LogP contribution in [0.3, 0.4) is 0 Å². The Bertz CT molecular complexity index is 6500. The Balaban J connectivity index is 0.000000122. The number of hydrogen-bond acceptors (Lipinski definition) is 18. The van der Waals surface area contributed by atoms with E-state index in [1.807, 2.05) is 216 Å². The lowest BCUT2D eigenvalue weighted by Crippen LogP contribution is -2.13. The summed E-state index contributed by atoms with van der Waals surface area (Å²) in [6, 6.07) is 77.5. The first-order valence-corrected chi connectivity index (χ1v) is 46.5. The number of ketones is 6. The zero-order chi connectivity index (χ0) is 93.2. The van der Waals surface area contributed by atoms with E-state index in [9.17, 15) is 33.2 Å². The number of halogens is 5. The van der Waals surface area contributed by atoms with Crippen LogP contribution in [-0.2, 0) is 73.9 Å². The molecule has 0 radical (unpaired) electrons. The molecule has 664 valence electrons. The highest BCUT2D eigenvalue weighted by molar-refractivity contribution is 14.1. The van der Waals surface area contributed by atoms with E-state index < -0.39 is 0 Å². The summed E-state index contributed by atoms with van der Waals surface area (Å²) in [5.74, 6) is 1.52. The second-order valence-electron chi connectivity index (χ2n) is 33.2. The highest BCUT2D eigenvalue weighted by Gasteiger charge is 2.27. The topological polar surface area (TPSA) is 250 Å². The Morgan fingerprint density at radius 1 is 0.368 bits per heavy atom. The fourth-order valence-corrected chi connectivity index (χ4v) is 17.6. The van der Waals surface area contributed by atoms with Crippen LogP contribution in [0.1, 0.15) is 151 Å². The molecule has 133 heavy (non-hydrogen) atoms. The van der Waals surface area contributed by atoms with Gasteiger partial charge in [0.15, 0.2) is 0 Å². The van der Waals surface area contributed by atoms with Gasteiger partial charge < -0.3 is 10.1 Å². The number of pyridine rings is 5.